The first-order valence-corrected chi connectivity index (χ1v) is 16.3. The Balaban J connectivity index is 0.000000198. The third-order valence-corrected chi connectivity index (χ3v) is 9.35. The maximum Gasteiger partial charge on any atom is 0.308 e. The molecule has 232 valence electrons. The average molecular weight is 587 g/mol. The maximum atomic E-state index is 12.3. The normalized spacial score (nSPS) is 19.0. The van der Waals surface area contributed by atoms with Crippen LogP contribution in [0.25, 0.3) is 5.57 Å². The zero-order valence-electron chi connectivity index (χ0n) is 27.3. The molecule has 1 N–H and O–H groups in total. The second-order valence-electron chi connectivity index (χ2n) is 13.2. The van der Waals surface area contributed by atoms with E-state index in [1.54, 1.807) is 6.92 Å². The van der Waals surface area contributed by atoms with Crippen molar-refractivity contribution >= 4 is 23.1 Å². The van der Waals surface area contributed by atoms with E-state index in [0.29, 0.717) is 43.8 Å². The zero-order valence-corrected chi connectivity index (χ0v) is 27.3. The molecular weight excluding hydrogens is 536 g/mol. The molecule has 2 aromatic carbocycles. The molecule has 0 amide bonds. The lowest BCUT2D eigenvalue weighted by molar-refractivity contribution is -0.147. The number of hydrogen-bond acceptors (Lipinski definition) is 5. The lowest BCUT2D eigenvalue weighted by Crippen LogP contribution is -2.18. The molecule has 0 aromatic heterocycles. The molecule has 0 aliphatic heterocycles. The highest BCUT2D eigenvalue weighted by Gasteiger charge is 2.30. The third kappa shape index (κ3) is 8.25. The van der Waals surface area contributed by atoms with Gasteiger partial charge in [-0.1, -0.05) is 38.1 Å². The van der Waals surface area contributed by atoms with Crippen LogP contribution in [0.3, 0.4) is 0 Å². The van der Waals surface area contributed by atoms with Gasteiger partial charge in [0.2, 0.25) is 0 Å². The molecule has 2 fully saturated rings. The van der Waals surface area contributed by atoms with E-state index in [0.717, 1.165) is 34.6 Å². The summed E-state index contributed by atoms with van der Waals surface area (Å²) in [6, 6.07) is 8.89. The second kappa shape index (κ2) is 14.1. The first-order chi connectivity index (χ1) is 20.4. The standard InChI is InChI=1S/C20H28O3.C18H22O2/c1-5-23-20(22)13(2)6-9-18(21)12-19-14(3)10-17(11-15(19)4)16-7-8-16;1-10-4-7-15(19)17(18(10)20)16-11(2)8-14(9-12(16)3)13-5-6-13/h10-11,13,16H,5-9,12H2,1-4H3;8-10,13,20H,4-7H2,1-3H3. The lowest BCUT2D eigenvalue weighted by Gasteiger charge is -2.23. The topological polar surface area (TPSA) is 80.7 Å². The van der Waals surface area contributed by atoms with Crippen molar-refractivity contribution in [3.63, 3.8) is 0 Å². The molecule has 2 unspecified atom stereocenters. The van der Waals surface area contributed by atoms with E-state index in [1.165, 1.54) is 47.9 Å². The highest BCUT2D eigenvalue weighted by atomic mass is 16.5. The fraction of sp³-hybridized carbons (Fsp3) is 0.553. The molecule has 3 aliphatic rings. The van der Waals surface area contributed by atoms with Gasteiger partial charge in [0.15, 0.2) is 5.78 Å². The van der Waals surface area contributed by atoms with Crippen molar-refractivity contribution in [3.05, 3.63) is 74.5 Å². The molecule has 5 heteroatoms. The van der Waals surface area contributed by atoms with Gasteiger partial charge in [-0.2, -0.15) is 0 Å². The number of aryl methyl sites for hydroxylation is 4. The van der Waals surface area contributed by atoms with Crippen LogP contribution < -0.4 is 0 Å². The Kier molecular flexibility index (Phi) is 10.7. The van der Waals surface area contributed by atoms with E-state index in [9.17, 15) is 19.5 Å². The predicted octanol–water partition coefficient (Wildman–Crippen LogP) is 8.72. The molecule has 0 heterocycles. The number of aliphatic hydroxyl groups is 1. The minimum atomic E-state index is -0.210. The monoisotopic (exact) mass is 586 g/mol. The van der Waals surface area contributed by atoms with Gasteiger partial charge in [0.25, 0.3) is 0 Å². The van der Waals surface area contributed by atoms with Gasteiger partial charge in [-0.25, -0.2) is 0 Å². The fourth-order valence-electron chi connectivity index (χ4n) is 6.33. The first-order valence-electron chi connectivity index (χ1n) is 16.3. The summed E-state index contributed by atoms with van der Waals surface area (Å²) >= 11 is 0. The Morgan fingerprint density at radius 3 is 1.88 bits per heavy atom. The molecule has 2 aromatic rings. The summed E-state index contributed by atoms with van der Waals surface area (Å²) in [5.41, 5.74) is 10.2. The Morgan fingerprint density at radius 1 is 0.884 bits per heavy atom. The molecule has 3 aliphatic carbocycles. The number of allylic oxidation sites excluding steroid dienone is 2. The van der Waals surface area contributed by atoms with Gasteiger partial charge >= 0.3 is 5.97 Å². The molecule has 0 radical (unpaired) electrons. The number of esters is 1. The second-order valence-corrected chi connectivity index (χ2v) is 13.2. The van der Waals surface area contributed by atoms with Crippen LogP contribution in [0.2, 0.25) is 0 Å². The van der Waals surface area contributed by atoms with E-state index in [4.69, 9.17) is 4.74 Å². The fourth-order valence-corrected chi connectivity index (χ4v) is 6.33. The highest BCUT2D eigenvalue weighted by Crippen LogP contribution is 2.43. The average Bonchev–Trinajstić information content (AvgIpc) is 3.86. The number of carbonyl (C=O) groups is 3. The Labute approximate surface area is 258 Å². The summed E-state index contributed by atoms with van der Waals surface area (Å²) in [4.78, 5) is 36.1. The van der Waals surface area contributed by atoms with Crippen LogP contribution in [0.1, 0.15) is 128 Å². The Bertz CT molecular complexity index is 1360. The lowest BCUT2D eigenvalue weighted by atomic mass is 9.81. The van der Waals surface area contributed by atoms with Gasteiger partial charge in [-0.3, -0.25) is 14.4 Å². The minimum absolute atomic E-state index is 0.0876. The third-order valence-electron chi connectivity index (χ3n) is 9.35. The number of aliphatic hydroxyl groups excluding tert-OH is 1. The van der Waals surface area contributed by atoms with Crippen molar-refractivity contribution in [1.29, 1.82) is 0 Å². The molecule has 0 spiro atoms. The van der Waals surface area contributed by atoms with Gasteiger partial charge in [0.1, 0.15) is 11.5 Å². The zero-order chi connectivity index (χ0) is 31.4. The van der Waals surface area contributed by atoms with E-state index in [-0.39, 0.29) is 35.1 Å². The number of rotatable bonds is 10. The summed E-state index contributed by atoms with van der Waals surface area (Å²) in [5.74, 6) is 1.70. The number of benzene rings is 2. The quantitative estimate of drug-likeness (QED) is 0.282. The first kappa shape index (κ1) is 32.7. The van der Waals surface area contributed by atoms with Crippen molar-refractivity contribution in [2.24, 2.45) is 11.8 Å². The molecule has 5 rings (SSSR count). The van der Waals surface area contributed by atoms with Gasteiger partial charge in [-0.05, 0) is 129 Å². The molecule has 0 bridgehead atoms. The maximum absolute atomic E-state index is 12.3. The van der Waals surface area contributed by atoms with Crippen molar-refractivity contribution in [2.45, 2.75) is 118 Å². The van der Waals surface area contributed by atoms with E-state index in [2.05, 4.69) is 52.0 Å². The minimum Gasteiger partial charge on any atom is -0.511 e. The Morgan fingerprint density at radius 2 is 1.40 bits per heavy atom. The number of Topliss-reactive ketones (excluding diaryl/α,β-unsaturated/α-hetero) is 2. The summed E-state index contributed by atoms with van der Waals surface area (Å²) in [6.07, 6.45) is 7.92. The summed E-state index contributed by atoms with van der Waals surface area (Å²) in [6.45, 7) is 14.3. The Hall–Kier alpha value is -3.21. The summed E-state index contributed by atoms with van der Waals surface area (Å²) in [5, 5.41) is 10.4. The van der Waals surface area contributed by atoms with Crippen molar-refractivity contribution < 1.29 is 24.2 Å². The SMILES string of the molecule is CCOC(=O)C(C)CCC(=O)Cc1c(C)cc(C2CC2)cc1C.Cc1cc(C2CC2)cc(C)c1C1=C(O)C(C)CCC1=O. The van der Waals surface area contributed by atoms with Crippen LogP contribution in [-0.4, -0.2) is 29.2 Å². The smallest absolute Gasteiger partial charge is 0.308 e. The van der Waals surface area contributed by atoms with Crippen LogP contribution >= 0.6 is 0 Å². The van der Waals surface area contributed by atoms with E-state index < -0.39 is 0 Å². The van der Waals surface area contributed by atoms with E-state index in [1.807, 2.05) is 13.8 Å². The molecule has 5 nitrogen and oxygen atoms in total. The number of ketones is 2. The van der Waals surface area contributed by atoms with Gasteiger partial charge < -0.3 is 9.84 Å². The van der Waals surface area contributed by atoms with Gasteiger partial charge in [0.05, 0.1) is 18.1 Å². The van der Waals surface area contributed by atoms with Gasteiger partial charge in [0, 0.05) is 25.2 Å². The van der Waals surface area contributed by atoms with Crippen LogP contribution in [0.15, 0.2) is 30.0 Å². The van der Waals surface area contributed by atoms with Crippen molar-refractivity contribution in [2.75, 3.05) is 6.61 Å². The van der Waals surface area contributed by atoms with Crippen molar-refractivity contribution in [3.8, 4) is 0 Å². The van der Waals surface area contributed by atoms with Crippen LogP contribution in [-0.2, 0) is 25.5 Å². The number of carbonyl (C=O) groups excluding carboxylic acids is 3. The van der Waals surface area contributed by atoms with Crippen molar-refractivity contribution in [1.82, 2.24) is 0 Å². The number of hydrogen-bond donors (Lipinski definition) is 1. The molecule has 2 saturated carbocycles. The molecule has 0 saturated heterocycles. The van der Waals surface area contributed by atoms with Crippen LogP contribution in [0.4, 0.5) is 0 Å². The molecular formula is C38H50O5. The summed E-state index contributed by atoms with van der Waals surface area (Å²) in [7, 11) is 0. The molecule has 43 heavy (non-hydrogen) atoms. The van der Waals surface area contributed by atoms with Gasteiger partial charge in [-0.15, -0.1) is 0 Å². The largest absolute Gasteiger partial charge is 0.511 e. The number of ether oxygens (including phenoxy) is 1. The van der Waals surface area contributed by atoms with Crippen LogP contribution in [0.5, 0.6) is 0 Å². The molecule has 2 atom stereocenters. The predicted molar refractivity (Wildman–Crippen MR) is 172 cm³/mol. The summed E-state index contributed by atoms with van der Waals surface area (Å²) < 4.78 is 4.98. The van der Waals surface area contributed by atoms with Crippen LogP contribution in [0, 0.1) is 39.5 Å². The van der Waals surface area contributed by atoms with E-state index >= 15 is 0 Å². The highest BCUT2D eigenvalue weighted by molar-refractivity contribution is 6.22.